The largest absolute Gasteiger partial charge is 0.444 e. The first kappa shape index (κ1) is 22.0. The fourth-order valence-electron chi connectivity index (χ4n) is 3.90. The Morgan fingerprint density at radius 3 is 2.63 bits per heavy atom. The predicted octanol–water partition coefficient (Wildman–Crippen LogP) is 4.22. The molecule has 3 atom stereocenters. The number of benzene rings is 1. The minimum Gasteiger partial charge on any atom is -0.444 e. The lowest BCUT2D eigenvalue weighted by Crippen LogP contribution is -2.49. The second-order valence-corrected chi connectivity index (χ2v) is 8.75. The second-order valence-electron chi connectivity index (χ2n) is 8.75. The average Bonchev–Trinajstić information content (AvgIpc) is 3.17. The molecule has 162 valence electrons. The van der Waals surface area contributed by atoms with Crippen molar-refractivity contribution < 1.29 is 19.1 Å². The molecule has 3 rings (SSSR count). The molecule has 1 aromatic carbocycles. The Kier molecular flexibility index (Phi) is 6.61. The molecule has 1 unspecified atom stereocenters. The molecule has 1 aliphatic rings. The third-order valence-electron chi connectivity index (χ3n) is 5.33. The van der Waals surface area contributed by atoms with Crippen LogP contribution in [-0.2, 0) is 14.3 Å². The lowest BCUT2D eigenvalue weighted by molar-refractivity contribution is -0.125. The van der Waals surface area contributed by atoms with E-state index in [9.17, 15) is 9.59 Å². The van der Waals surface area contributed by atoms with E-state index in [4.69, 9.17) is 9.47 Å². The molecule has 0 saturated carbocycles. The number of hydrogen-bond acceptors (Lipinski definition) is 5. The summed E-state index contributed by atoms with van der Waals surface area (Å²) >= 11 is 0. The number of hydrogen-bond donors (Lipinski definition) is 1. The Hall–Kier alpha value is -2.67. The Morgan fingerprint density at radius 1 is 1.20 bits per heavy atom. The molecule has 1 aromatic heterocycles. The summed E-state index contributed by atoms with van der Waals surface area (Å²) in [6, 6.07) is 11.2. The number of carbonyl (C=O) groups excluding carboxylic acids is 2. The number of carbonyl (C=O) groups is 2. The Balaban J connectivity index is 1.71. The van der Waals surface area contributed by atoms with Gasteiger partial charge in [-0.3, -0.25) is 4.79 Å². The van der Waals surface area contributed by atoms with Crippen molar-refractivity contribution in [2.24, 2.45) is 5.92 Å². The second kappa shape index (κ2) is 9.00. The number of methoxy groups -OCH3 is 1. The van der Waals surface area contributed by atoms with Crippen molar-refractivity contribution in [3.63, 3.8) is 0 Å². The number of anilines is 1. The zero-order valence-electron chi connectivity index (χ0n) is 18.3. The van der Waals surface area contributed by atoms with Gasteiger partial charge in [0.25, 0.3) is 0 Å². The number of amides is 2. The van der Waals surface area contributed by atoms with Crippen molar-refractivity contribution in [3.8, 4) is 0 Å². The minimum absolute atomic E-state index is 0.194. The number of fused-ring (bicyclic) bond motifs is 1. The predicted molar refractivity (Wildman–Crippen MR) is 116 cm³/mol. The molecular weight excluding hydrogens is 382 g/mol. The molecule has 2 heterocycles. The molecule has 1 fully saturated rings. The first-order valence-corrected chi connectivity index (χ1v) is 10.4. The highest BCUT2D eigenvalue weighted by Crippen LogP contribution is 2.28. The van der Waals surface area contributed by atoms with Crippen molar-refractivity contribution in [2.45, 2.75) is 58.3 Å². The number of ether oxygens (including phenoxy) is 2. The van der Waals surface area contributed by atoms with Gasteiger partial charge in [-0.1, -0.05) is 25.1 Å². The molecule has 1 saturated heterocycles. The fourth-order valence-corrected chi connectivity index (χ4v) is 3.90. The van der Waals surface area contributed by atoms with Gasteiger partial charge in [-0.15, -0.1) is 0 Å². The van der Waals surface area contributed by atoms with Crippen LogP contribution in [0.4, 0.5) is 10.6 Å². The van der Waals surface area contributed by atoms with Crippen LogP contribution in [0.5, 0.6) is 0 Å². The molecule has 0 bridgehead atoms. The summed E-state index contributed by atoms with van der Waals surface area (Å²) < 4.78 is 11.2. The zero-order valence-corrected chi connectivity index (χ0v) is 18.3. The van der Waals surface area contributed by atoms with Gasteiger partial charge < -0.3 is 19.7 Å². The SMILES string of the molecule is CO[C@@H](C1CCCN1C(=O)OC(C)(C)C)[C@@H](C)C(=O)Nc1ccc2ccccc2n1. The number of rotatable bonds is 5. The van der Waals surface area contributed by atoms with Crippen molar-refractivity contribution in [2.75, 3.05) is 19.0 Å². The normalized spacial score (nSPS) is 18.8. The van der Waals surface area contributed by atoms with E-state index in [2.05, 4.69) is 10.3 Å². The molecule has 1 aliphatic heterocycles. The summed E-state index contributed by atoms with van der Waals surface area (Å²) in [5.41, 5.74) is 0.246. The maximum absolute atomic E-state index is 12.9. The number of likely N-dealkylation sites (tertiary alicyclic amines) is 1. The Morgan fingerprint density at radius 2 is 1.93 bits per heavy atom. The quantitative estimate of drug-likeness (QED) is 0.794. The maximum Gasteiger partial charge on any atom is 0.410 e. The zero-order chi connectivity index (χ0) is 21.9. The molecule has 0 spiro atoms. The van der Waals surface area contributed by atoms with Gasteiger partial charge >= 0.3 is 6.09 Å². The molecule has 0 aliphatic carbocycles. The molecule has 7 nitrogen and oxygen atoms in total. The van der Waals surface area contributed by atoms with Gasteiger partial charge in [0, 0.05) is 19.0 Å². The first-order chi connectivity index (χ1) is 14.2. The van der Waals surface area contributed by atoms with E-state index < -0.39 is 17.6 Å². The van der Waals surface area contributed by atoms with Crippen LogP contribution in [0.1, 0.15) is 40.5 Å². The molecular formula is C23H31N3O4. The Bertz CT molecular complexity index is 909. The highest BCUT2D eigenvalue weighted by molar-refractivity contribution is 5.93. The highest BCUT2D eigenvalue weighted by atomic mass is 16.6. The van der Waals surface area contributed by atoms with Crippen LogP contribution >= 0.6 is 0 Å². The maximum atomic E-state index is 12.9. The summed E-state index contributed by atoms with van der Waals surface area (Å²) in [5.74, 6) is -0.173. The van der Waals surface area contributed by atoms with Crippen LogP contribution in [0, 0.1) is 5.92 Å². The number of pyridine rings is 1. The molecule has 30 heavy (non-hydrogen) atoms. The van der Waals surface area contributed by atoms with Gasteiger partial charge in [-0.05, 0) is 51.8 Å². The van der Waals surface area contributed by atoms with Crippen LogP contribution in [0.25, 0.3) is 10.9 Å². The standard InChI is InChI=1S/C23H31N3O4/c1-15(21(27)25-19-13-12-16-9-6-7-10-17(16)24-19)20(29-5)18-11-8-14-26(18)22(28)30-23(2,3)4/h6-7,9-10,12-13,15,18,20H,8,11,14H2,1-5H3,(H,24,25,27)/t15-,18?,20-/m1/s1. The van der Waals surface area contributed by atoms with Crippen molar-refractivity contribution in [1.82, 2.24) is 9.88 Å². The number of nitrogens with zero attached hydrogens (tertiary/aromatic N) is 2. The van der Waals surface area contributed by atoms with E-state index in [1.165, 1.54) is 0 Å². The number of aromatic nitrogens is 1. The van der Waals surface area contributed by atoms with Gasteiger partial charge in [0.05, 0.1) is 23.6 Å². The lowest BCUT2D eigenvalue weighted by Gasteiger charge is -2.34. The first-order valence-electron chi connectivity index (χ1n) is 10.4. The fraction of sp³-hybridized carbons (Fsp3) is 0.522. The average molecular weight is 414 g/mol. The van der Waals surface area contributed by atoms with Gasteiger partial charge in [0.1, 0.15) is 11.4 Å². The monoisotopic (exact) mass is 413 g/mol. The van der Waals surface area contributed by atoms with E-state index in [0.717, 1.165) is 23.7 Å². The summed E-state index contributed by atoms with van der Waals surface area (Å²) in [6.07, 6.45) is 0.810. The van der Waals surface area contributed by atoms with Crippen LogP contribution in [-0.4, -0.2) is 53.3 Å². The van der Waals surface area contributed by atoms with E-state index in [1.54, 1.807) is 18.1 Å². The summed E-state index contributed by atoms with van der Waals surface area (Å²) in [7, 11) is 1.58. The third kappa shape index (κ3) is 5.08. The van der Waals surface area contributed by atoms with Crippen molar-refractivity contribution in [3.05, 3.63) is 36.4 Å². The topological polar surface area (TPSA) is 80.8 Å². The lowest BCUT2D eigenvalue weighted by atomic mass is 9.95. The molecule has 2 aromatic rings. The third-order valence-corrected chi connectivity index (χ3v) is 5.33. The minimum atomic E-state index is -0.572. The van der Waals surface area contributed by atoms with Crippen molar-refractivity contribution in [1.29, 1.82) is 0 Å². The van der Waals surface area contributed by atoms with Gasteiger partial charge in [0.2, 0.25) is 5.91 Å². The molecule has 0 radical (unpaired) electrons. The van der Waals surface area contributed by atoms with E-state index in [0.29, 0.717) is 12.4 Å². The highest BCUT2D eigenvalue weighted by Gasteiger charge is 2.41. The van der Waals surface area contributed by atoms with Crippen LogP contribution in [0.15, 0.2) is 36.4 Å². The van der Waals surface area contributed by atoms with Crippen molar-refractivity contribution >= 4 is 28.7 Å². The Labute approximate surface area is 177 Å². The number of nitrogens with one attached hydrogen (secondary N) is 1. The van der Waals surface area contributed by atoms with Gasteiger partial charge in [-0.25, -0.2) is 9.78 Å². The summed E-state index contributed by atoms with van der Waals surface area (Å²) in [5, 5.41) is 3.90. The van der Waals surface area contributed by atoms with E-state index in [1.807, 2.05) is 58.0 Å². The van der Waals surface area contributed by atoms with E-state index >= 15 is 0 Å². The summed E-state index contributed by atoms with van der Waals surface area (Å²) in [4.78, 5) is 31.8. The van der Waals surface area contributed by atoms with Crippen LogP contribution < -0.4 is 5.32 Å². The molecule has 1 N–H and O–H groups in total. The van der Waals surface area contributed by atoms with Gasteiger partial charge in [0.15, 0.2) is 0 Å². The summed E-state index contributed by atoms with van der Waals surface area (Å²) in [6.45, 7) is 7.94. The van der Waals surface area contributed by atoms with Crippen LogP contribution in [0.2, 0.25) is 0 Å². The molecule has 2 amide bonds. The smallest absolute Gasteiger partial charge is 0.410 e. The molecule has 7 heteroatoms. The van der Waals surface area contributed by atoms with Gasteiger partial charge in [-0.2, -0.15) is 0 Å². The van der Waals surface area contributed by atoms with Crippen LogP contribution in [0.3, 0.4) is 0 Å². The van der Waals surface area contributed by atoms with E-state index in [-0.39, 0.29) is 18.0 Å². The number of para-hydroxylation sites is 1.